The third-order valence-electron chi connectivity index (χ3n) is 4.04. The zero-order valence-corrected chi connectivity index (χ0v) is 17.2. The van der Waals surface area contributed by atoms with Gasteiger partial charge in [0.1, 0.15) is 12.4 Å². The number of aryl methyl sites for hydroxylation is 1. The number of hydrogen-bond donors (Lipinski definition) is 2. The minimum absolute atomic E-state index is 0.0853. The van der Waals surface area contributed by atoms with Crippen molar-refractivity contribution in [2.24, 2.45) is 5.41 Å². The molecule has 150 valence electrons. The molecule has 0 spiro atoms. The molecule has 7 nitrogen and oxygen atoms in total. The maximum absolute atomic E-state index is 12.4. The van der Waals surface area contributed by atoms with Gasteiger partial charge in [-0.15, -0.1) is 11.3 Å². The Hall–Kier alpha value is -2.74. The zero-order valence-electron chi connectivity index (χ0n) is 16.4. The first-order chi connectivity index (χ1) is 13.2. The quantitative estimate of drug-likeness (QED) is 0.719. The lowest BCUT2D eigenvalue weighted by Gasteiger charge is -2.16. The monoisotopic (exact) mass is 404 g/mol. The molecule has 2 amide bonds. The lowest BCUT2D eigenvalue weighted by Crippen LogP contribution is -2.28. The van der Waals surface area contributed by atoms with Crippen LogP contribution in [-0.2, 0) is 4.79 Å². The summed E-state index contributed by atoms with van der Waals surface area (Å²) >= 11 is 1.26. The highest BCUT2D eigenvalue weighted by Gasteiger charge is 2.23. The van der Waals surface area contributed by atoms with Crippen molar-refractivity contribution in [3.63, 3.8) is 0 Å². The van der Waals surface area contributed by atoms with Crippen molar-refractivity contribution in [2.75, 3.05) is 25.3 Å². The molecule has 1 aliphatic heterocycles. The molecule has 2 aromatic rings. The summed E-state index contributed by atoms with van der Waals surface area (Å²) in [6, 6.07) is 7.16. The van der Waals surface area contributed by atoms with Gasteiger partial charge in [0.25, 0.3) is 5.91 Å². The Morgan fingerprint density at radius 3 is 2.68 bits per heavy atom. The number of ether oxygens (including phenoxy) is 3. The van der Waals surface area contributed by atoms with Crippen LogP contribution in [0.3, 0.4) is 0 Å². The van der Waals surface area contributed by atoms with Crippen LogP contribution in [0, 0.1) is 12.3 Å². The standard InChI is InChI=1S/C20H24N2O5S/c1-12-9-16(22-19(24)20(2,3)4)28-17(12)18(23)21-7-8-25-13-5-6-14-15(10-13)27-11-26-14/h5-6,9-10H,7-8,11H2,1-4H3,(H,21,23)(H,22,24). The first-order valence-electron chi connectivity index (χ1n) is 8.96. The molecule has 0 fully saturated rings. The highest BCUT2D eigenvalue weighted by molar-refractivity contribution is 7.18. The molecular formula is C20H24N2O5S. The Bertz CT molecular complexity index is 885. The summed E-state index contributed by atoms with van der Waals surface area (Å²) < 4.78 is 16.2. The molecular weight excluding hydrogens is 380 g/mol. The number of thiophene rings is 1. The Morgan fingerprint density at radius 1 is 1.18 bits per heavy atom. The number of hydrogen-bond acceptors (Lipinski definition) is 6. The van der Waals surface area contributed by atoms with Gasteiger partial charge in [0.05, 0.1) is 16.4 Å². The van der Waals surface area contributed by atoms with Crippen molar-refractivity contribution < 1.29 is 23.8 Å². The van der Waals surface area contributed by atoms with Crippen LogP contribution in [0.4, 0.5) is 5.00 Å². The van der Waals surface area contributed by atoms with Crippen LogP contribution >= 0.6 is 11.3 Å². The average molecular weight is 404 g/mol. The normalized spacial score (nSPS) is 12.6. The van der Waals surface area contributed by atoms with Gasteiger partial charge in [-0.25, -0.2) is 0 Å². The molecule has 2 N–H and O–H groups in total. The molecule has 28 heavy (non-hydrogen) atoms. The topological polar surface area (TPSA) is 85.9 Å². The van der Waals surface area contributed by atoms with Crippen molar-refractivity contribution in [1.82, 2.24) is 5.32 Å². The molecule has 0 atom stereocenters. The minimum atomic E-state index is -0.494. The molecule has 0 unspecified atom stereocenters. The Labute approximate surface area is 168 Å². The van der Waals surface area contributed by atoms with Gasteiger partial charge in [0.15, 0.2) is 11.5 Å². The highest BCUT2D eigenvalue weighted by atomic mass is 32.1. The fraction of sp³-hybridized carbons (Fsp3) is 0.400. The van der Waals surface area contributed by atoms with Crippen molar-refractivity contribution >= 4 is 28.2 Å². The first kappa shape index (κ1) is 20.0. The third kappa shape index (κ3) is 4.75. The fourth-order valence-electron chi connectivity index (χ4n) is 2.45. The summed E-state index contributed by atoms with van der Waals surface area (Å²) in [6.45, 7) is 8.27. The van der Waals surface area contributed by atoms with Crippen LogP contribution in [0.1, 0.15) is 36.0 Å². The Balaban J connectivity index is 1.49. The lowest BCUT2D eigenvalue weighted by atomic mass is 9.96. The SMILES string of the molecule is Cc1cc(NC(=O)C(C)(C)C)sc1C(=O)NCCOc1ccc2c(c1)OCO2. The number of anilines is 1. The van der Waals surface area contributed by atoms with Gasteiger partial charge in [-0.3, -0.25) is 9.59 Å². The van der Waals surface area contributed by atoms with E-state index in [2.05, 4.69) is 10.6 Å². The third-order valence-corrected chi connectivity index (χ3v) is 5.19. The van der Waals surface area contributed by atoms with E-state index in [0.29, 0.717) is 40.3 Å². The summed E-state index contributed by atoms with van der Waals surface area (Å²) in [7, 11) is 0. The number of benzene rings is 1. The Kier molecular flexibility index (Phi) is 5.79. The lowest BCUT2D eigenvalue weighted by molar-refractivity contribution is -0.123. The van der Waals surface area contributed by atoms with E-state index in [1.165, 1.54) is 11.3 Å². The van der Waals surface area contributed by atoms with Crippen molar-refractivity contribution in [1.29, 1.82) is 0 Å². The maximum atomic E-state index is 12.4. The number of carbonyl (C=O) groups excluding carboxylic acids is 2. The minimum Gasteiger partial charge on any atom is -0.492 e. The van der Waals surface area contributed by atoms with Crippen LogP contribution < -0.4 is 24.8 Å². The van der Waals surface area contributed by atoms with Gasteiger partial charge >= 0.3 is 0 Å². The van der Waals surface area contributed by atoms with Crippen LogP contribution in [0.2, 0.25) is 0 Å². The van der Waals surface area contributed by atoms with E-state index < -0.39 is 5.41 Å². The second-order valence-corrected chi connectivity index (χ2v) is 8.50. The molecule has 2 heterocycles. The van der Waals surface area contributed by atoms with Gasteiger partial charge in [-0.05, 0) is 30.7 Å². The summed E-state index contributed by atoms with van der Waals surface area (Å²) in [5, 5.41) is 6.36. The van der Waals surface area contributed by atoms with Gasteiger partial charge in [0.2, 0.25) is 12.7 Å². The van der Waals surface area contributed by atoms with Crippen molar-refractivity contribution in [2.45, 2.75) is 27.7 Å². The van der Waals surface area contributed by atoms with Crippen LogP contribution in [0.25, 0.3) is 0 Å². The van der Waals surface area contributed by atoms with E-state index in [-0.39, 0.29) is 18.6 Å². The van der Waals surface area contributed by atoms with Gasteiger partial charge in [0, 0.05) is 11.5 Å². The molecule has 3 rings (SSSR count). The van der Waals surface area contributed by atoms with Crippen molar-refractivity contribution in [3.05, 3.63) is 34.7 Å². The maximum Gasteiger partial charge on any atom is 0.261 e. The summed E-state index contributed by atoms with van der Waals surface area (Å²) in [6.07, 6.45) is 0. The summed E-state index contributed by atoms with van der Waals surface area (Å²) in [5.41, 5.74) is 0.329. The first-order valence-corrected chi connectivity index (χ1v) is 9.78. The van der Waals surface area contributed by atoms with E-state index >= 15 is 0 Å². The molecule has 8 heteroatoms. The van der Waals surface area contributed by atoms with E-state index in [1.54, 1.807) is 18.2 Å². The number of carbonyl (C=O) groups is 2. The van der Waals surface area contributed by atoms with E-state index in [4.69, 9.17) is 14.2 Å². The number of rotatable bonds is 6. The van der Waals surface area contributed by atoms with E-state index in [0.717, 1.165) is 5.56 Å². The number of fused-ring (bicyclic) bond motifs is 1. The predicted molar refractivity (Wildman–Crippen MR) is 108 cm³/mol. The smallest absolute Gasteiger partial charge is 0.261 e. The zero-order chi connectivity index (χ0) is 20.3. The summed E-state index contributed by atoms with van der Waals surface area (Å²) in [5.74, 6) is 1.73. The molecule has 0 radical (unpaired) electrons. The molecule has 1 aliphatic rings. The van der Waals surface area contributed by atoms with Gasteiger partial charge in [-0.1, -0.05) is 20.8 Å². The van der Waals surface area contributed by atoms with E-state index in [1.807, 2.05) is 33.8 Å². The molecule has 0 aliphatic carbocycles. The molecule has 0 saturated heterocycles. The molecule has 1 aromatic carbocycles. The highest BCUT2D eigenvalue weighted by Crippen LogP contribution is 2.35. The second-order valence-electron chi connectivity index (χ2n) is 7.45. The largest absolute Gasteiger partial charge is 0.492 e. The van der Waals surface area contributed by atoms with Crippen molar-refractivity contribution in [3.8, 4) is 17.2 Å². The van der Waals surface area contributed by atoms with Crippen LogP contribution in [0.5, 0.6) is 17.2 Å². The fourth-order valence-corrected chi connectivity index (χ4v) is 3.43. The molecule has 1 aromatic heterocycles. The average Bonchev–Trinajstić information content (AvgIpc) is 3.23. The van der Waals surface area contributed by atoms with Gasteiger partial charge in [-0.2, -0.15) is 0 Å². The number of amides is 2. The van der Waals surface area contributed by atoms with E-state index in [9.17, 15) is 9.59 Å². The molecule has 0 saturated carbocycles. The predicted octanol–water partition coefficient (Wildman–Crippen LogP) is 3.58. The van der Waals surface area contributed by atoms with Crippen LogP contribution in [-0.4, -0.2) is 31.8 Å². The molecule has 0 bridgehead atoms. The Morgan fingerprint density at radius 2 is 1.93 bits per heavy atom. The number of nitrogens with one attached hydrogen (secondary N) is 2. The van der Waals surface area contributed by atoms with Gasteiger partial charge < -0.3 is 24.8 Å². The summed E-state index contributed by atoms with van der Waals surface area (Å²) in [4.78, 5) is 25.1. The van der Waals surface area contributed by atoms with Crippen LogP contribution in [0.15, 0.2) is 24.3 Å². The second kappa shape index (κ2) is 8.10.